The van der Waals surface area contributed by atoms with Crippen LogP contribution in [0, 0.1) is 11.3 Å². The lowest BCUT2D eigenvalue weighted by Crippen LogP contribution is -2.12. The highest BCUT2D eigenvalue weighted by Gasteiger charge is 2.12. The number of carbonyl (C=O) groups is 1. The first-order valence-electron chi connectivity index (χ1n) is 5.37. The molecule has 3 heteroatoms. The van der Waals surface area contributed by atoms with Gasteiger partial charge < -0.3 is 5.73 Å². The molecule has 0 heterocycles. The normalized spacial score (nSPS) is 12.0. The molecule has 1 rings (SSSR count). The van der Waals surface area contributed by atoms with Crippen LogP contribution in [0.25, 0.3) is 6.08 Å². The van der Waals surface area contributed by atoms with Gasteiger partial charge in [-0.3, -0.25) is 4.79 Å². The predicted octanol–water partition coefficient (Wildman–Crippen LogP) is 2.38. The summed E-state index contributed by atoms with van der Waals surface area (Å²) in [5.41, 5.74) is 7.12. The third-order valence-electron chi connectivity index (χ3n) is 2.47. The van der Waals surface area contributed by atoms with Crippen molar-refractivity contribution < 1.29 is 4.79 Å². The monoisotopic (exact) mass is 228 g/mol. The van der Waals surface area contributed by atoms with Gasteiger partial charge in [0.25, 0.3) is 5.91 Å². The molecule has 1 amide bonds. The van der Waals surface area contributed by atoms with E-state index in [1.54, 1.807) is 6.07 Å². The summed E-state index contributed by atoms with van der Waals surface area (Å²) in [5.74, 6) is -0.701. The van der Waals surface area contributed by atoms with Crippen molar-refractivity contribution in [3.8, 4) is 6.07 Å². The molecule has 2 N–H and O–H groups in total. The maximum atomic E-state index is 10.9. The van der Waals surface area contributed by atoms with Crippen LogP contribution in [0.2, 0.25) is 0 Å². The molecule has 0 saturated heterocycles. The van der Waals surface area contributed by atoms with E-state index in [4.69, 9.17) is 11.0 Å². The van der Waals surface area contributed by atoms with Crippen LogP contribution in [0.4, 0.5) is 0 Å². The Balaban J connectivity index is 3.05. The molecule has 0 saturated carbocycles. The van der Waals surface area contributed by atoms with Crippen LogP contribution in [-0.2, 0) is 10.2 Å². The van der Waals surface area contributed by atoms with Crippen LogP contribution in [0.1, 0.15) is 31.9 Å². The molecule has 3 nitrogen and oxygen atoms in total. The molecule has 0 aliphatic rings. The van der Waals surface area contributed by atoms with Crippen LogP contribution in [0.15, 0.2) is 29.8 Å². The third kappa shape index (κ3) is 3.46. The molecule has 0 spiro atoms. The molecule has 17 heavy (non-hydrogen) atoms. The number of nitrogens with zero attached hydrogens (tertiary/aromatic N) is 1. The maximum absolute atomic E-state index is 10.9. The Morgan fingerprint density at radius 2 is 1.82 bits per heavy atom. The molecule has 0 fully saturated rings. The van der Waals surface area contributed by atoms with Gasteiger partial charge in [-0.15, -0.1) is 0 Å². The summed E-state index contributed by atoms with van der Waals surface area (Å²) in [5, 5.41) is 8.72. The second-order valence-corrected chi connectivity index (χ2v) is 4.91. The molecular formula is C14H16N2O. The van der Waals surface area contributed by atoms with Crippen molar-refractivity contribution in [2.24, 2.45) is 5.73 Å². The van der Waals surface area contributed by atoms with Crippen molar-refractivity contribution in [3.05, 3.63) is 41.0 Å². The van der Waals surface area contributed by atoms with Gasteiger partial charge in [0, 0.05) is 0 Å². The minimum atomic E-state index is -0.701. The van der Waals surface area contributed by atoms with Crippen molar-refractivity contribution in [3.63, 3.8) is 0 Å². The first-order chi connectivity index (χ1) is 7.84. The van der Waals surface area contributed by atoms with Crippen molar-refractivity contribution in [2.75, 3.05) is 0 Å². The van der Waals surface area contributed by atoms with Gasteiger partial charge in [0.1, 0.15) is 11.6 Å². The fourth-order valence-electron chi connectivity index (χ4n) is 1.40. The van der Waals surface area contributed by atoms with Crippen LogP contribution >= 0.6 is 0 Å². The summed E-state index contributed by atoms with van der Waals surface area (Å²) in [7, 11) is 0. The van der Waals surface area contributed by atoms with E-state index in [2.05, 4.69) is 20.8 Å². The van der Waals surface area contributed by atoms with Gasteiger partial charge in [-0.1, -0.05) is 45.0 Å². The zero-order valence-electron chi connectivity index (χ0n) is 10.3. The molecule has 88 valence electrons. The molecule has 0 unspecified atom stereocenters. The summed E-state index contributed by atoms with van der Waals surface area (Å²) < 4.78 is 0. The van der Waals surface area contributed by atoms with Gasteiger partial charge in [0.2, 0.25) is 0 Å². The Kier molecular flexibility index (Phi) is 3.69. The average Bonchev–Trinajstić information content (AvgIpc) is 2.25. The SMILES string of the molecule is CC(C)(C)c1ccc(C=C(C#N)C(N)=O)cc1. The average molecular weight is 228 g/mol. The number of nitrogens with two attached hydrogens (primary N) is 1. The Morgan fingerprint density at radius 3 is 2.18 bits per heavy atom. The molecular weight excluding hydrogens is 212 g/mol. The second-order valence-electron chi connectivity index (χ2n) is 4.91. The van der Waals surface area contributed by atoms with Gasteiger partial charge in [0.05, 0.1) is 0 Å². The van der Waals surface area contributed by atoms with Gasteiger partial charge >= 0.3 is 0 Å². The number of hydrogen-bond acceptors (Lipinski definition) is 2. The minimum absolute atomic E-state index is 0.0338. The molecule has 1 aromatic carbocycles. The Morgan fingerprint density at radius 1 is 1.29 bits per heavy atom. The molecule has 1 aromatic rings. The van der Waals surface area contributed by atoms with E-state index in [1.165, 1.54) is 11.6 Å². The van der Waals surface area contributed by atoms with Crippen LogP contribution in [0.5, 0.6) is 0 Å². The minimum Gasteiger partial charge on any atom is -0.365 e. The summed E-state index contributed by atoms with van der Waals surface area (Å²) in [4.78, 5) is 10.9. The van der Waals surface area contributed by atoms with Crippen molar-refractivity contribution in [1.82, 2.24) is 0 Å². The Bertz CT molecular complexity index is 484. The third-order valence-corrected chi connectivity index (χ3v) is 2.47. The summed E-state index contributed by atoms with van der Waals surface area (Å²) in [6.07, 6.45) is 1.49. The zero-order valence-corrected chi connectivity index (χ0v) is 10.3. The van der Waals surface area contributed by atoms with Crippen LogP contribution in [0.3, 0.4) is 0 Å². The van der Waals surface area contributed by atoms with E-state index in [0.29, 0.717) is 0 Å². The number of rotatable bonds is 2. The number of amides is 1. The lowest BCUT2D eigenvalue weighted by atomic mass is 9.86. The molecule has 0 atom stereocenters. The molecule has 0 aliphatic heterocycles. The number of benzene rings is 1. The highest BCUT2D eigenvalue weighted by Crippen LogP contribution is 2.22. The topological polar surface area (TPSA) is 66.9 Å². The van der Waals surface area contributed by atoms with E-state index >= 15 is 0 Å². The van der Waals surface area contributed by atoms with E-state index in [0.717, 1.165) is 5.56 Å². The number of nitriles is 1. The van der Waals surface area contributed by atoms with Crippen LogP contribution < -0.4 is 5.73 Å². The zero-order chi connectivity index (χ0) is 13.1. The number of primary amides is 1. The molecule has 0 aliphatic carbocycles. The largest absolute Gasteiger partial charge is 0.365 e. The second kappa shape index (κ2) is 4.84. The molecule has 0 aromatic heterocycles. The van der Waals surface area contributed by atoms with Gasteiger partial charge in [-0.05, 0) is 22.6 Å². The molecule has 0 bridgehead atoms. The highest BCUT2D eigenvalue weighted by molar-refractivity contribution is 6.00. The van der Waals surface area contributed by atoms with Crippen molar-refractivity contribution >= 4 is 12.0 Å². The van der Waals surface area contributed by atoms with Gasteiger partial charge in [-0.25, -0.2) is 0 Å². The fraction of sp³-hybridized carbons (Fsp3) is 0.286. The lowest BCUT2D eigenvalue weighted by Gasteiger charge is -2.18. The van der Waals surface area contributed by atoms with E-state index in [-0.39, 0.29) is 11.0 Å². The fourth-order valence-corrected chi connectivity index (χ4v) is 1.40. The predicted molar refractivity (Wildman–Crippen MR) is 67.9 cm³/mol. The standard InChI is InChI=1S/C14H16N2O/c1-14(2,3)12-6-4-10(5-7-12)8-11(9-15)13(16)17/h4-8H,1-3H3,(H2,16,17). The Labute approximate surface area is 102 Å². The maximum Gasteiger partial charge on any atom is 0.259 e. The Hall–Kier alpha value is -2.08. The van der Waals surface area contributed by atoms with E-state index < -0.39 is 5.91 Å². The van der Waals surface area contributed by atoms with Crippen molar-refractivity contribution in [2.45, 2.75) is 26.2 Å². The quantitative estimate of drug-likeness (QED) is 0.623. The van der Waals surface area contributed by atoms with Gasteiger partial charge in [0.15, 0.2) is 0 Å². The van der Waals surface area contributed by atoms with Gasteiger partial charge in [-0.2, -0.15) is 5.26 Å². The summed E-state index contributed by atoms with van der Waals surface area (Å²) in [6.45, 7) is 6.38. The van der Waals surface area contributed by atoms with E-state index in [9.17, 15) is 4.79 Å². The van der Waals surface area contributed by atoms with E-state index in [1.807, 2.05) is 24.3 Å². The number of carbonyl (C=O) groups excluding carboxylic acids is 1. The number of hydrogen-bond donors (Lipinski definition) is 1. The summed E-state index contributed by atoms with van der Waals surface area (Å²) >= 11 is 0. The lowest BCUT2D eigenvalue weighted by molar-refractivity contribution is -0.114. The first-order valence-corrected chi connectivity index (χ1v) is 5.37. The van der Waals surface area contributed by atoms with Crippen LogP contribution in [-0.4, -0.2) is 5.91 Å². The smallest absolute Gasteiger partial charge is 0.259 e. The highest BCUT2D eigenvalue weighted by atomic mass is 16.1. The van der Waals surface area contributed by atoms with Crippen molar-refractivity contribution in [1.29, 1.82) is 5.26 Å². The first kappa shape index (κ1) is 13.0. The summed E-state index contributed by atoms with van der Waals surface area (Å²) in [6, 6.07) is 9.51. The molecule has 0 radical (unpaired) electrons.